The molecular weight excluding hydrogens is 243 g/mol. The molecule has 0 aliphatic carbocycles. The van der Waals surface area contributed by atoms with Gasteiger partial charge in [0.25, 0.3) is 0 Å². The van der Waals surface area contributed by atoms with Crippen LogP contribution in [0.1, 0.15) is 46.0 Å². The first kappa shape index (κ1) is 15.8. The second-order valence-corrected chi connectivity index (χ2v) is 5.18. The molecule has 0 aromatic rings. The summed E-state index contributed by atoms with van der Waals surface area (Å²) in [6.07, 6.45) is -1.54. The van der Waals surface area contributed by atoms with Gasteiger partial charge in [-0.05, 0) is 38.5 Å². The van der Waals surface area contributed by atoms with Crippen LogP contribution in [0.15, 0.2) is 0 Å². The van der Waals surface area contributed by atoms with Crippen molar-refractivity contribution in [1.29, 1.82) is 0 Å². The lowest BCUT2D eigenvalue weighted by Crippen LogP contribution is -2.34. The van der Waals surface area contributed by atoms with Crippen LogP contribution in [0.5, 0.6) is 0 Å². The molecule has 1 heterocycles. The first-order chi connectivity index (χ1) is 8.42. The van der Waals surface area contributed by atoms with Gasteiger partial charge in [0.1, 0.15) is 0 Å². The molecule has 0 spiro atoms. The van der Waals surface area contributed by atoms with Crippen molar-refractivity contribution in [3.8, 4) is 0 Å². The average Bonchev–Trinajstić information content (AvgIpc) is 2.71. The summed E-state index contributed by atoms with van der Waals surface area (Å²) < 4.78 is 41.6. The molecule has 1 N–H and O–H groups in total. The maximum Gasteiger partial charge on any atom is 0.389 e. The summed E-state index contributed by atoms with van der Waals surface area (Å²) in [5.74, 6) is 0.514. The fourth-order valence-electron chi connectivity index (χ4n) is 2.44. The van der Waals surface area contributed by atoms with Gasteiger partial charge in [-0.2, -0.15) is 13.2 Å². The van der Waals surface area contributed by atoms with Gasteiger partial charge >= 0.3 is 6.18 Å². The topological polar surface area (TPSA) is 21.3 Å². The van der Waals surface area contributed by atoms with Crippen LogP contribution in [0.4, 0.5) is 13.2 Å². The minimum Gasteiger partial charge on any atom is -0.378 e. The van der Waals surface area contributed by atoms with Crippen molar-refractivity contribution in [2.24, 2.45) is 5.92 Å². The number of rotatable bonds is 7. The predicted octanol–water partition coefficient (Wildman–Crippen LogP) is 3.51. The highest BCUT2D eigenvalue weighted by Crippen LogP contribution is 2.24. The largest absolute Gasteiger partial charge is 0.389 e. The third kappa shape index (κ3) is 6.05. The molecule has 0 saturated carbocycles. The molecule has 0 radical (unpaired) electrons. The minimum atomic E-state index is -4.02. The van der Waals surface area contributed by atoms with E-state index in [1.807, 2.05) is 6.92 Å². The van der Waals surface area contributed by atoms with Crippen LogP contribution in [0, 0.1) is 5.92 Å². The van der Waals surface area contributed by atoms with Crippen molar-refractivity contribution >= 4 is 0 Å². The second kappa shape index (κ2) is 7.34. The van der Waals surface area contributed by atoms with Crippen LogP contribution >= 0.6 is 0 Å². The fraction of sp³-hybridized carbons (Fsp3) is 1.00. The summed E-state index contributed by atoms with van der Waals surface area (Å²) in [6, 6.07) is 0.144. The van der Waals surface area contributed by atoms with E-state index in [1.54, 1.807) is 0 Å². The van der Waals surface area contributed by atoms with E-state index in [2.05, 4.69) is 12.2 Å². The summed E-state index contributed by atoms with van der Waals surface area (Å²) in [5, 5.41) is 3.33. The summed E-state index contributed by atoms with van der Waals surface area (Å²) >= 11 is 0. The van der Waals surface area contributed by atoms with Gasteiger partial charge in [0, 0.05) is 25.6 Å². The molecule has 0 amide bonds. The molecule has 5 heteroatoms. The monoisotopic (exact) mass is 267 g/mol. The fourth-order valence-corrected chi connectivity index (χ4v) is 2.44. The molecule has 3 atom stereocenters. The van der Waals surface area contributed by atoms with E-state index in [0.29, 0.717) is 18.4 Å². The van der Waals surface area contributed by atoms with E-state index in [9.17, 15) is 13.2 Å². The minimum absolute atomic E-state index is 0.144. The lowest BCUT2D eigenvalue weighted by atomic mass is 9.99. The Balaban J connectivity index is 2.11. The Morgan fingerprint density at radius 3 is 2.72 bits per heavy atom. The van der Waals surface area contributed by atoms with Gasteiger partial charge in [-0.25, -0.2) is 0 Å². The van der Waals surface area contributed by atoms with Crippen molar-refractivity contribution in [2.45, 2.75) is 64.3 Å². The molecule has 0 aromatic carbocycles. The Labute approximate surface area is 107 Å². The molecule has 3 unspecified atom stereocenters. The zero-order valence-electron chi connectivity index (χ0n) is 11.2. The van der Waals surface area contributed by atoms with Crippen LogP contribution < -0.4 is 5.32 Å². The quantitative estimate of drug-likeness (QED) is 0.762. The number of halogens is 3. The number of alkyl halides is 3. The Kier molecular flexibility index (Phi) is 6.43. The summed E-state index contributed by atoms with van der Waals surface area (Å²) in [4.78, 5) is 0. The average molecular weight is 267 g/mol. The molecule has 0 aromatic heterocycles. The highest BCUT2D eigenvalue weighted by atomic mass is 19.4. The lowest BCUT2D eigenvalue weighted by Gasteiger charge is -2.20. The maximum absolute atomic E-state index is 12.0. The van der Waals surface area contributed by atoms with Crippen LogP contribution in [0.2, 0.25) is 0 Å². The lowest BCUT2D eigenvalue weighted by molar-refractivity contribution is -0.135. The van der Waals surface area contributed by atoms with Gasteiger partial charge in [-0.1, -0.05) is 6.92 Å². The van der Waals surface area contributed by atoms with E-state index in [1.165, 1.54) is 0 Å². The molecule has 108 valence electrons. The van der Waals surface area contributed by atoms with Crippen molar-refractivity contribution in [3.05, 3.63) is 0 Å². The van der Waals surface area contributed by atoms with Gasteiger partial charge in [-0.15, -0.1) is 0 Å². The van der Waals surface area contributed by atoms with E-state index in [-0.39, 0.29) is 12.5 Å². The number of ether oxygens (including phenoxy) is 1. The van der Waals surface area contributed by atoms with Gasteiger partial charge in [-0.3, -0.25) is 0 Å². The normalized spacial score (nSPS) is 26.5. The molecule has 1 aliphatic heterocycles. The van der Waals surface area contributed by atoms with Crippen molar-refractivity contribution in [2.75, 3.05) is 13.2 Å². The highest BCUT2D eigenvalue weighted by Gasteiger charge is 2.28. The standard InChI is InChI=1S/C13H24F3NO/c1-3-12-11(6-8-18-12)9-17-10(2)5-4-7-13(14,15)16/h10-12,17H,3-9H2,1-2H3. The highest BCUT2D eigenvalue weighted by molar-refractivity contribution is 4.78. The molecule has 2 nitrogen and oxygen atoms in total. The number of hydrogen-bond donors (Lipinski definition) is 1. The summed E-state index contributed by atoms with van der Waals surface area (Å²) in [6.45, 7) is 5.72. The Morgan fingerprint density at radius 2 is 2.11 bits per heavy atom. The van der Waals surface area contributed by atoms with Crippen LogP contribution in [0.25, 0.3) is 0 Å². The Bertz CT molecular complexity index is 233. The van der Waals surface area contributed by atoms with Crippen LogP contribution in [-0.4, -0.2) is 31.5 Å². The second-order valence-electron chi connectivity index (χ2n) is 5.18. The van der Waals surface area contributed by atoms with E-state index < -0.39 is 12.6 Å². The zero-order valence-corrected chi connectivity index (χ0v) is 11.2. The molecule has 1 rings (SSSR count). The molecule has 0 bridgehead atoms. The van der Waals surface area contributed by atoms with Gasteiger partial charge in [0.05, 0.1) is 6.10 Å². The first-order valence-corrected chi connectivity index (χ1v) is 6.84. The van der Waals surface area contributed by atoms with Crippen molar-refractivity contribution in [1.82, 2.24) is 5.32 Å². The van der Waals surface area contributed by atoms with E-state index in [0.717, 1.165) is 26.0 Å². The SMILES string of the molecule is CCC1OCCC1CNC(C)CCCC(F)(F)F. The Morgan fingerprint density at radius 1 is 1.39 bits per heavy atom. The molecule has 1 fully saturated rings. The third-order valence-corrected chi connectivity index (χ3v) is 3.57. The smallest absolute Gasteiger partial charge is 0.378 e. The molecule has 1 saturated heterocycles. The third-order valence-electron chi connectivity index (χ3n) is 3.57. The summed E-state index contributed by atoms with van der Waals surface area (Å²) in [5.41, 5.74) is 0. The summed E-state index contributed by atoms with van der Waals surface area (Å²) in [7, 11) is 0. The number of hydrogen-bond acceptors (Lipinski definition) is 2. The van der Waals surface area contributed by atoms with Crippen LogP contribution in [-0.2, 0) is 4.74 Å². The molecular formula is C13H24F3NO. The molecule has 1 aliphatic rings. The van der Waals surface area contributed by atoms with Gasteiger partial charge < -0.3 is 10.1 Å². The Hall–Kier alpha value is -0.290. The van der Waals surface area contributed by atoms with Gasteiger partial charge in [0.2, 0.25) is 0 Å². The van der Waals surface area contributed by atoms with Crippen molar-refractivity contribution in [3.63, 3.8) is 0 Å². The van der Waals surface area contributed by atoms with E-state index >= 15 is 0 Å². The molecule has 18 heavy (non-hydrogen) atoms. The number of nitrogens with one attached hydrogen (secondary N) is 1. The van der Waals surface area contributed by atoms with E-state index in [4.69, 9.17) is 4.74 Å². The first-order valence-electron chi connectivity index (χ1n) is 6.84. The predicted molar refractivity (Wildman–Crippen MR) is 65.5 cm³/mol. The van der Waals surface area contributed by atoms with Crippen molar-refractivity contribution < 1.29 is 17.9 Å². The maximum atomic E-state index is 12.0. The van der Waals surface area contributed by atoms with Gasteiger partial charge in [0.15, 0.2) is 0 Å². The zero-order chi connectivity index (χ0) is 13.6. The van der Waals surface area contributed by atoms with Crippen LogP contribution in [0.3, 0.4) is 0 Å².